The molecule has 138 valence electrons. The monoisotopic (exact) mass is 354 g/mol. The Kier molecular flexibility index (Phi) is 5.76. The summed E-state index contributed by atoms with van der Waals surface area (Å²) in [6.45, 7) is 4.36. The third kappa shape index (κ3) is 4.34. The summed E-state index contributed by atoms with van der Waals surface area (Å²) in [5.41, 5.74) is 2.26. The van der Waals surface area contributed by atoms with Crippen LogP contribution in [-0.2, 0) is 7.05 Å². The average molecular weight is 354 g/mol. The molecule has 3 rings (SSSR count). The number of aryl methyl sites for hydroxylation is 2. The lowest BCUT2D eigenvalue weighted by molar-refractivity contribution is 0.104. The molecule has 5 nitrogen and oxygen atoms in total. The Labute approximate surface area is 154 Å². The van der Waals surface area contributed by atoms with Gasteiger partial charge in [0.2, 0.25) is 0 Å². The number of carbonyl (C=O) groups is 1. The highest BCUT2D eigenvalue weighted by atomic mass is 16.5. The molecule has 0 amide bonds. The number of hydrogen-bond donors (Lipinski definition) is 0. The largest absolute Gasteiger partial charge is 0.490 e. The zero-order chi connectivity index (χ0) is 18.5. The molecule has 5 heteroatoms. The van der Waals surface area contributed by atoms with Gasteiger partial charge in [-0.05, 0) is 63.3 Å². The maximum Gasteiger partial charge on any atom is 0.189 e. The lowest BCUT2D eigenvalue weighted by atomic mass is 10.1. The fraction of sp³-hybridized carbons (Fsp3) is 0.429. The third-order valence-corrected chi connectivity index (χ3v) is 4.57. The number of aromatic nitrogens is 2. The van der Waals surface area contributed by atoms with E-state index in [2.05, 4.69) is 5.10 Å². The van der Waals surface area contributed by atoms with Gasteiger partial charge in [0.1, 0.15) is 0 Å². The molecule has 0 N–H and O–H groups in total. The van der Waals surface area contributed by atoms with Gasteiger partial charge in [0.15, 0.2) is 17.3 Å². The van der Waals surface area contributed by atoms with E-state index in [1.54, 1.807) is 23.0 Å². The van der Waals surface area contributed by atoms with Crippen LogP contribution in [-0.4, -0.2) is 28.3 Å². The number of nitrogens with zero attached hydrogens (tertiary/aromatic N) is 2. The highest BCUT2D eigenvalue weighted by Gasteiger charge is 2.18. The van der Waals surface area contributed by atoms with Gasteiger partial charge in [-0.1, -0.05) is 12.1 Å². The maximum atomic E-state index is 12.4. The van der Waals surface area contributed by atoms with Gasteiger partial charge >= 0.3 is 0 Å². The van der Waals surface area contributed by atoms with Crippen molar-refractivity contribution in [1.29, 1.82) is 0 Å². The van der Waals surface area contributed by atoms with Crippen LogP contribution >= 0.6 is 0 Å². The van der Waals surface area contributed by atoms with E-state index in [-0.39, 0.29) is 11.9 Å². The van der Waals surface area contributed by atoms with E-state index >= 15 is 0 Å². The predicted octanol–water partition coefficient (Wildman–Crippen LogP) is 4.34. The Morgan fingerprint density at radius 1 is 1.31 bits per heavy atom. The van der Waals surface area contributed by atoms with Crippen LogP contribution < -0.4 is 9.47 Å². The molecule has 0 saturated heterocycles. The molecule has 0 spiro atoms. The van der Waals surface area contributed by atoms with E-state index in [1.165, 1.54) is 12.8 Å². The molecule has 26 heavy (non-hydrogen) atoms. The normalized spacial score (nSPS) is 14.9. The number of carbonyl (C=O) groups excluding carboxylic acids is 1. The van der Waals surface area contributed by atoms with Crippen molar-refractivity contribution in [2.24, 2.45) is 7.05 Å². The van der Waals surface area contributed by atoms with Gasteiger partial charge in [-0.25, -0.2) is 0 Å². The summed E-state index contributed by atoms with van der Waals surface area (Å²) in [4.78, 5) is 12.4. The third-order valence-electron chi connectivity index (χ3n) is 4.57. The van der Waals surface area contributed by atoms with E-state index < -0.39 is 0 Å². The predicted molar refractivity (Wildman–Crippen MR) is 102 cm³/mol. The van der Waals surface area contributed by atoms with Crippen molar-refractivity contribution in [3.8, 4) is 11.5 Å². The quantitative estimate of drug-likeness (QED) is 0.548. The Balaban J connectivity index is 1.75. The van der Waals surface area contributed by atoms with Gasteiger partial charge in [-0.2, -0.15) is 5.10 Å². The first kappa shape index (κ1) is 18.2. The SMILES string of the molecule is CCOc1cc(/C=C/C(=O)c2cn(C)nc2C)ccc1OC1CCCC1. The summed E-state index contributed by atoms with van der Waals surface area (Å²) in [6.07, 6.45) is 10.1. The summed E-state index contributed by atoms with van der Waals surface area (Å²) >= 11 is 0. The Bertz CT molecular complexity index is 802. The summed E-state index contributed by atoms with van der Waals surface area (Å²) in [5, 5.41) is 4.21. The molecule has 1 saturated carbocycles. The second kappa shape index (κ2) is 8.21. The molecule has 1 fully saturated rings. The van der Waals surface area contributed by atoms with Crippen molar-refractivity contribution >= 4 is 11.9 Å². The molecule has 1 heterocycles. The number of rotatable bonds is 7. The van der Waals surface area contributed by atoms with Gasteiger partial charge in [0, 0.05) is 13.2 Å². The lowest BCUT2D eigenvalue weighted by Gasteiger charge is -2.17. The van der Waals surface area contributed by atoms with Crippen molar-refractivity contribution in [3.63, 3.8) is 0 Å². The fourth-order valence-corrected chi connectivity index (χ4v) is 3.28. The molecular formula is C21H26N2O3. The van der Waals surface area contributed by atoms with Crippen molar-refractivity contribution in [2.75, 3.05) is 6.61 Å². The zero-order valence-electron chi connectivity index (χ0n) is 15.7. The van der Waals surface area contributed by atoms with Crippen molar-refractivity contribution < 1.29 is 14.3 Å². The molecular weight excluding hydrogens is 328 g/mol. The van der Waals surface area contributed by atoms with E-state index in [9.17, 15) is 4.79 Å². The molecule has 0 aliphatic heterocycles. The number of allylic oxidation sites excluding steroid dienone is 1. The molecule has 2 aromatic rings. The summed E-state index contributed by atoms with van der Waals surface area (Å²) in [6, 6.07) is 5.81. The minimum Gasteiger partial charge on any atom is -0.490 e. The standard InChI is InChI=1S/C21H26N2O3/c1-4-25-21-13-16(10-12-20(21)26-17-7-5-6-8-17)9-11-19(24)18-14-23(3)22-15(18)2/h9-14,17H,4-8H2,1-3H3/b11-9+. The van der Waals surface area contributed by atoms with Crippen molar-refractivity contribution in [1.82, 2.24) is 9.78 Å². The van der Waals surface area contributed by atoms with Gasteiger partial charge in [0.25, 0.3) is 0 Å². The Morgan fingerprint density at radius 3 is 2.73 bits per heavy atom. The van der Waals surface area contributed by atoms with E-state index in [0.29, 0.717) is 12.2 Å². The van der Waals surface area contributed by atoms with Gasteiger partial charge in [-0.15, -0.1) is 0 Å². The van der Waals surface area contributed by atoms with Crippen LogP contribution in [0.5, 0.6) is 11.5 Å². The maximum absolute atomic E-state index is 12.4. The van der Waals surface area contributed by atoms with Crippen LogP contribution in [0.15, 0.2) is 30.5 Å². The van der Waals surface area contributed by atoms with Gasteiger partial charge in [-0.3, -0.25) is 9.48 Å². The molecule has 0 unspecified atom stereocenters. The Morgan fingerprint density at radius 2 is 2.08 bits per heavy atom. The molecule has 0 bridgehead atoms. The molecule has 1 aliphatic carbocycles. The van der Waals surface area contributed by atoms with Crippen LogP contribution in [0.3, 0.4) is 0 Å². The van der Waals surface area contributed by atoms with Crippen LogP contribution in [0, 0.1) is 6.92 Å². The molecule has 1 aromatic heterocycles. The first-order chi connectivity index (χ1) is 12.6. The summed E-state index contributed by atoms with van der Waals surface area (Å²) in [7, 11) is 1.81. The van der Waals surface area contributed by atoms with Gasteiger partial charge < -0.3 is 9.47 Å². The average Bonchev–Trinajstić information content (AvgIpc) is 3.24. The van der Waals surface area contributed by atoms with E-state index in [1.807, 2.05) is 39.1 Å². The van der Waals surface area contributed by atoms with Crippen LogP contribution in [0.2, 0.25) is 0 Å². The first-order valence-electron chi connectivity index (χ1n) is 9.23. The summed E-state index contributed by atoms with van der Waals surface area (Å²) < 4.78 is 13.5. The second-order valence-electron chi connectivity index (χ2n) is 6.66. The van der Waals surface area contributed by atoms with Crippen LogP contribution in [0.4, 0.5) is 0 Å². The minimum absolute atomic E-state index is 0.0557. The fourth-order valence-electron chi connectivity index (χ4n) is 3.28. The smallest absolute Gasteiger partial charge is 0.189 e. The number of ether oxygens (including phenoxy) is 2. The summed E-state index contributed by atoms with van der Waals surface area (Å²) in [5.74, 6) is 1.46. The van der Waals surface area contributed by atoms with Crippen molar-refractivity contribution in [3.05, 3.63) is 47.3 Å². The van der Waals surface area contributed by atoms with Crippen LogP contribution in [0.1, 0.15) is 54.2 Å². The first-order valence-corrected chi connectivity index (χ1v) is 9.23. The number of ketones is 1. The Hall–Kier alpha value is -2.56. The van der Waals surface area contributed by atoms with E-state index in [0.717, 1.165) is 35.6 Å². The number of benzene rings is 1. The molecule has 0 radical (unpaired) electrons. The highest BCUT2D eigenvalue weighted by Crippen LogP contribution is 2.33. The topological polar surface area (TPSA) is 53.4 Å². The van der Waals surface area contributed by atoms with Crippen molar-refractivity contribution in [2.45, 2.75) is 45.6 Å². The van der Waals surface area contributed by atoms with E-state index in [4.69, 9.17) is 9.47 Å². The molecule has 0 atom stereocenters. The highest BCUT2D eigenvalue weighted by molar-refractivity contribution is 6.07. The minimum atomic E-state index is -0.0557. The second-order valence-corrected chi connectivity index (χ2v) is 6.66. The lowest BCUT2D eigenvalue weighted by Crippen LogP contribution is -2.11. The molecule has 1 aromatic carbocycles. The zero-order valence-corrected chi connectivity index (χ0v) is 15.7. The van der Waals surface area contributed by atoms with Crippen LogP contribution in [0.25, 0.3) is 6.08 Å². The van der Waals surface area contributed by atoms with Gasteiger partial charge in [0.05, 0.1) is 24.0 Å². The number of hydrogen-bond acceptors (Lipinski definition) is 4. The molecule has 1 aliphatic rings.